The highest BCUT2D eigenvalue weighted by Crippen LogP contribution is 2.16. The minimum atomic E-state index is -0.570. The molecular formula is C20H25NO3. The Morgan fingerprint density at radius 2 is 1.79 bits per heavy atom. The van der Waals surface area contributed by atoms with Gasteiger partial charge in [-0.25, -0.2) is 4.79 Å². The quantitative estimate of drug-likeness (QED) is 0.792. The SMILES string of the molecule is COC(=O)[C@H](CC(C)C)NC(=O)CCc1ccc2ccccc2c1. The molecule has 2 aromatic carbocycles. The molecule has 0 fully saturated rings. The average molecular weight is 327 g/mol. The van der Waals surface area contributed by atoms with E-state index in [1.165, 1.54) is 17.9 Å². The van der Waals surface area contributed by atoms with E-state index in [-0.39, 0.29) is 11.9 Å². The number of rotatable bonds is 7. The topological polar surface area (TPSA) is 55.4 Å². The van der Waals surface area contributed by atoms with E-state index in [9.17, 15) is 9.59 Å². The number of hydrogen-bond donors (Lipinski definition) is 1. The Bertz CT molecular complexity index is 709. The monoisotopic (exact) mass is 327 g/mol. The van der Waals surface area contributed by atoms with Crippen molar-refractivity contribution in [1.29, 1.82) is 0 Å². The maximum atomic E-state index is 12.2. The molecule has 0 radical (unpaired) electrons. The van der Waals surface area contributed by atoms with Crippen LogP contribution in [0.3, 0.4) is 0 Å². The van der Waals surface area contributed by atoms with E-state index in [2.05, 4.69) is 29.6 Å². The molecule has 2 rings (SSSR count). The number of nitrogens with one attached hydrogen (secondary N) is 1. The number of esters is 1. The van der Waals surface area contributed by atoms with E-state index in [4.69, 9.17) is 4.74 Å². The largest absolute Gasteiger partial charge is 0.467 e. The number of fused-ring (bicyclic) bond motifs is 1. The van der Waals surface area contributed by atoms with E-state index < -0.39 is 6.04 Å². The van der Waals surface area contributed by atoms with E-state index in [0.29, 0.717) is 25.2 Å². The van der Waals surface area contributed by atoms with Gasteiger partial charge in [0.15, 0.2) is 0 Å². The molecule has 0 spiro atoms. The van der Waals surface area contributed by atoms with Gasteiger partial charge in [0.2, 0.25) is 5.91 Å². The molecular weight excluding hydrogens is 302 g/mol. The van der Waals surface area contributed by atoms with Gasteiger partial charge in [0.1, 0.15) is 6.04 Å². The summed E-state index contributed by atoms with van der Waals surface area (Å²) in [5, 5.41) is 5.15. The number of methoxy groups -OCH3 is 1. The maximum Gasteiger partial charge on any atom is 0.328 e. The molecule has 1 N–H and O–H groups in total. The molecule has 0 aliphatic rings. The second kappa shape index (κ2) is 8.48. The highest BCUT2D eigenvalue weighted by molar-refractivity contribution is 5.85. The summed E-state index contributed by atoms with van der Waals surface area (Å²) >= 11 is 0. The van der Waals surface area contributed by atoms with Crippen molar-refractivity contribution in [2.75, 3.05) is 7.11 Å². The third kappa shape index (κ3) is 5.08. The second-order valence-corrected chi connectivity index (χ2v) is 6.45. The van der Waals surface area contributed by atoms with Gasteiger partial charge in [0, 0.05) is 6.42 Å². The van der Waals surface area contributed by atoms with Gasteiger partial charge in [-0.2, -0.15) is 0 Å². The molecule has 4 heteroatoms. The minimum absolute atomic E-state index is 0.126. The first-order valence-electron chi connectivity index (χ1n) is 8.34. The fraction of sp³-hybridized carbons (Fsp3) is 0.400. The van der Waals surface area contributed by atoms with Crippen molar-refractivity contribution in [2.24, 2.45) is 5.92 Å². The molecule has 0 saturated carbocycles. The lowest BCUT2D eigenvalue weighted by atomic mass is 10.0. The summed E-state index contributed by atoms with van der Waals surface area (Å²) in [5.74, 6) is -0.211. The van der Waals surface area contributed by atoms with Gasteiger partial charge < -0.3 is 10.1 Å². The predicted octanol–water partition coefficient (Wildman–Crippen LogP) is 3.48. The summed E-state index contributed by atoms with van der Waals surface area (Å²) in [7, 11) is 1.34. The number of carbonyl (C=O) groups is 2. The summed E-state index contributed by atoms with van der Waals surface area (Å²) in [6.45, 7) is 4.02. The third-order valence-electron chi connectivity index (χ3n) is 3.98. The van der Waals surface area contributed by atoms with Gasteiger partial charge >= 0.3 is 5.97 Å². The minimum Gasteiger partial charge on any atom is -0.467 e. The van der Waals surface area contributed by atoms with Crippen LogP contribution in [0.5, 0.6) is 0 Å². The van der Waals surface area contributed by atoms with Crippen molar-refractivity contribution < 1.29 is 14.3 Å². The molecule has 0 aromatic heterocycles. The van der Waals surface area contributed by atoms with Crippen molar-refractivity contribution >= 4 is 22.6 Å². The lowest BCUT2D eigenvalue weighted by molar-refractivity contribution is -0.145. The van der Waals surface area contributed by atoms with Crippen LogP contribution in [0.25, 0.3) is 10.8 Å². The number of hydrogen-bond acceptors (Lipinski definition) is 3. The van der Waals surface area contributed by atoms with E-state index in [1.807, 2.05) is 32.0 Å². The number of amides is 1. The first-order valence-corrected chi connectivity index (χ1v) is 8.34. The fourth-order valence-electron chi connectivity index (χ4n) is 2.75. The molecule has 0 heterocycles. The lowest BCUT2D eigenvalue weighted by Gasteiger charge is -2.18. The zero-order chi connectivity index (χ0) is 17.5. The molecule has 0 aliphatic carbocycles. The predicted molar refractivity (Wildman–Crippen MR) is 95.7 cm³/mol. The highest BCUT2D eigenvalue weighted by Gasteiger charge is 2.22. The van der Waals surface area contributed by atoms with Crippen molar-refractivity contribution in [1.82, 2.24) is 5.32 Å². The molecule has 24 heavy (non-hydrogen) atoms. The highest BCUT2D eigenvalue weighted by atomic mass is 16.5. The molecule has 0 aliphatic heterocycles. The number of aryl methyl sites for hydroxylation is 1. The standard InChI is InChI=1S/C20H25NO3/c1-14(2)12-18(20(23)24-3)21-19(22)11-9-15-8-10-16-6-4-5-7-17(16)13-15/h4-8,10,13-14,18H,9,11-12H2,1-3H3,(H,21,22)/t18-/m0/s1. The van der Waals surface area contributed by atoms with Crippen LogP contribution in [0.15, 0.2) is 42.5 Å². The molecule has 2 aromatic rings. The van der Waals surface area contributed by atoms with Gasteiger partial charge in [0.25, 0.3) is 0 Å². The smallest absolute Gasteiger partial charge is 0.328 e. The maximum absolute atomic E-state index is 12.2. The van der Waals surface area contributed by atoms with Crippen LogP contribution >= 0.6 is 0 Å². The normalized spacial score (nSPS) is 12.2. The summed E-state index contributed by atoms with van der Waals surface area (Å²) in [5.41, 5.74) is 1.11. The number of ether oxygens (including phenoxy) is 1. The summed E-state index contributed by atoms with van der Waals surface area (Å²) in [6.07, 6.45) is 1.57. The van der Waals surface area contributed by atoms with Gasteiger partial charge in [-0.05, 0) is 35.1 Å². The first-order chi connectivity index (χ1) is 11.5. The van der Waals surface area contributed by atoms with Gasteiger partial charge in [0.05, 0.1) is 7.11 Å². The van der Waals surface area contributed by atoms with Crippen molar-refractivity contribution in [3.05, 3.63) is 48.0 Å². The summed E-state index contributed by atoms with van der Waals surface area (Å²) in [4.78, 5) is 23.9. The van der Waals surface area contributed by atoms with Crippen LogP contribution in [0.1, 0.15) is 32.3 Å². The van der Waals surface area contributed by atoms with E-state index in [1.54, 1.807) is 0 Å². The zero-order valence-electron chi connectivity index (χ0n) is 14.5. The van der Waals surface area contributed by atoms with Gasteiger partial charge in [-0.1, -0.05) is 56.3 Å². The first kappa shape index (κ1) is 18.0. The third-order valence-corrected chi connectivity index (χ3v) is 3.98. The number of carbonyl (C=O) groups excluding carboxylic acids is 2. The Labute approximate surface area is 143 Å². The van der Waals surface area contributed by atoms with Crippen molar-refractivity contribution in [3.63, 3.8) is 0 Å². The van der Waals surface area contributed by atoms with Crippen molar-refractivity contribution in [3.8, 4) is 0 Å². The van der Waals surface area contributed by atoms with Crippen LogP contribution < -0.4 is 5.32 Å². The zero-order valence-corrected chi connectivity index (χ0v) is 14.5. The van der Waals surface area contributed by atoms with E-state index in [0.717, 1.165) is 5.56 Å². The molecule has 128 valence electrons. The van der Waals surface area contributed by atoms with E-state index >= 15 is 0 Å². The Balaban J connectivity index is 1.94. The second-order valence-electron chi connectivity index (χ2n) is 6.45. The van der Waals surface area contributed by atoms with Gasteiger partial charge in [-0.3, -0.25) is 4.79 Å². The average Bonchev–Trinajstić information content (AvgIpc) is 2.58. The Morgan fingerprint density at radius 3 is 2.46 bits per heavy atom. The molecule has 0 saturated heterocycles. The molecule has 0 unspecified atom stereocenters. The summed E-state index contributed by atoms with van der Waals surface area (Å²) in [6, 6.07) is 13.8. The van der Waals surface area contributed by atoms with Crippen LogP contribution in [0.4, 0.5) is 0 Å². The molecule has 0 bridgehead atoms. The molecule has 4 nitrogen and oxygen atoms in total. The van der Waals surface area contributed by atoms with Crippen LogP contribution in [-0.4, -0.2) is 25.0 Å². The van der Waals surface area contributed by atoms with Crippen LogP contribution in [0.2, 0.25) is 0 Å². The Morgan fingerprint density at radius 1 is 1.08 bits per heavy atom. The fourth-order valence-corrected chi connectivity index (χ4v) is 2.75. The Kier molecular flexibility index (Phi) is 6.36. The van der Waals surface area contributed by atoms with Crippen molar-refractivity contribution in [2.45, 2.75) is 39.2 Å². The van der Waals surface area contributed by atoms with Crippen LogP contribution in [0, 0.1) is 5.92 Å². The number of benzene rings is 2. The van der Waals surface area contributed by atoms with Crippen LogP contribution in [-0.2, 0) is 20.7 Å². The lowest BCUT2D eigenvalue weighted by Crippen LogP contribution is -2.42. The van der Waals surface area contributed by atoms with Gasteiger partial charge in [-0.15, -0.1) is 0 Å². The molecule has 1 atom stereocenters. The Hall–Kier alpha value is -2.36. The summed E-state index contributed by atoms with van der Waals surface area (Å²) < 4.78 is 4.77. The molecule has 1 amide bonds.